The molecule has 4 heteroatoms. The molecule has 92 valence electrons. The summed E-state index contributed by atoms with van der Waals surface area (Å²) in [6.45, 7) is 0.459. The average molecular weight is 243 g/mol. The highest BCUT2D eigenvalue weighted by molar-refractivity contribution is 5.68. The maximum Gasteiger partial charge on any atom is 0.409 e. The molecule has 18 heavy (non-hydrogen) atoms. The molecule has 2 rings (SSSR count). The van der Waals surface area contributed by atoms with Gasteiger partial charge in [0.15, 0.2) is 0 Å². The first-order valence-electron chi connectivity index (χ1n) is 5.48. The number of carbonyl (C=O) groups is 1. The number of carbonyl (C=O) groups excluding carboxylic acids is 1. The van der Waals surface area contributed by atoms with Crippen molar-refractivity contribution in [1.29, 1.82) is 0 Å². The van der Waals surface area contributed by atoms with Gasteiger partial charge in [0.2, 0.25) is 0 Å². The minimum absolute atomic E-state index is 0.369. The van der Waals surface area contributed by atoms with E-state index in [4.69, 9.17) is 15.2 Å². The monoisotopic (exact) mass is 243 g/mol. The molecule has 0 aliphatic heterocycles. The average Bonchev–Trinajstić information content (AvgIpc) is 2.37. The molecule has 0 aliphatic rings. The zero-order valence-corrected chi connectivity index (χ0v) is 9.71. The van der Waals surface area contributed by atoms with E-state index >= 15 is 0 Å². The van der Waals surface area contributed by atoms with Gasteiger partial charge in [-0.2, -0.15) is 0 Å². The van der Waals surface area contributed by atoms with Crippen LogP contribution in [0.1, 0.15) is 5.56 Å². The minimum atomic E-state index is -0.838. The van der Waals surface area contributed by atoms with Crippen molar-refractivity contribution in [2.24, 2.45) is 5.73 Å². The van der Waals surface area contributed by atoms with Crippen molar-refractivity contribution in [3.05, 3.63) is 60.2 Å². The van der Waals surface area contributed by atoms with Crippen molar-refractivity contribution in [1.82, 2.24) is 0 Å². The fraction of sp³-hybridized carbons (Fsp3) is 0.0714. The number of amides is 1. The molecule has 0 heterocycles. The molecule has 1 amide bonds. The molecule has 4 nitrogen and oxygen atoms in total. The SMILES string of the molecule is NC(=O)Oc1cccc(OCc2ccccc2)c1. The third kappa shape index (κ3) is 3.52. The highest BCUT2D eigenvalue weighted by atomic mass is 16.5. The summed E-state index contributed by atoms with van der Waals surface area (Å²) in [5.41, 5.74) is 6.01. The van der Waals surface area contributed by atoms with Crippen molar-refractivity contribution in [3.8, 4) is 11.5 Å². The third-order valence-electron chi connectivity index (χ3n) is 2.27. The highest BCUT2D eigenvalue weighted by Crippen LogP contribution is 2.20. The van der Waals surface area contributed by atoms with Crippen molar-refractivity contribution >= 4 is 6.09 Å². The first-order valence-corrected chi connectivity index (χ1v) is 5.48. The zero-order valence-electron chi connectivity index (χ0n) is 9.71. The fourth-order valence-corrected chi connectivity index (χ4v) is 1.48. The molecule has 0 spiro atoms. The normalized spacial score (nSPS) is 9.78. The topological polar surface area (TPSA) is 61.6 Å². The van der Waals surface area contributed by atoms with Gasteiger partial charge in [-0.25, -0.2) is 4.79 Å². The van der Waals surface area contributed by atoms with E-state index in [-0.39, 0.29) is 0 Å². The summed E-state index contributed by atoms with van der Waals surface area (Å²) >= 11 is 0. The van der Waals surface area contributed by atoms with Crippen molar-refractivity contribution < 1.29 is 14.3 Å². The van der Waals surface area contributed by atoms with Crippen LogP contribution in [0.15, 0.2) is 54.6 Å². The largest absolute Gasteiger partial charge is 0.489 e. The van der Waals surface area contributed by atoms with Crippen molar-refractivity contribution in [3.63, 3.8) is 0 Å². The number of benzene rings is 2. The van der Waals surface area contributed by atoms with E-state index < -0.39 is 6.09 Å². The van der Waals surface area contributed by atoms with Crippen LogP contribution in [-0.2, 0) is 6.61 Å². The molecule has 0 aromatic heterocycles. The van der Waals surface area contributed by atoms with Crippen LogP contribution in [-0.4, -0.2) is 6.09 Å². The predicted molar refractivity (Wildman–Crippen MR) is 67.4 cm³/mol. The van der Waals surface area contributed by atoms with Crippen LogP contribution in [0.4, 0.5) is 4.79 Å². The van der Waals surface area contributed by atoms with Gasteiger partial charge in [-0.3, -0.25) is 0 Å². The van der Waals surface area contributed by atoms with Gasteiger partial charge in [0.05, 0.1) is 0 Å². The fourth-order valence-electron chi connectivity index (χ4n) is 1.48. The first-order chi connectivity index (χ1) is 8.74. The van der Waals surface area contributed by atoms with Crippen LogP contribution in [0.5, 0.6) is 11.5 Å². The van der Waals surface area contributed by atoms with E-state index in [2.05, 4.69) is 0 Å². The Hall–Kier alpha value is -2.49. The van der Waals surface area contributed by atoms with E-state index in [0.29, 0.717) is 18.1 Å². The molecule has 2 aromatic rings. The molecular weight excluding hydrogens is 230 g/mol. The molecule has 2 N–H and O–H groups in total. The Morgan fingerprint density at radius 2 is 1.72 bits per heavy atom. The molecule has 0 fully saturated rings. The summed E-state index contributed by atoms with van der Waals surface area (Å²) < 4.78 is 10.3. The Bertz CT molecular complexity index is 526. The number of ether oxygens (including phenoxy) is 2. The van der Waals surface area contributed by atoms with Gasteiger partial charge < -0.3 is 15.2 Å². The van der Waals surface area contributed by atoms with Crippen LogP contribution in [0.25, 0.3) is 0 Å². The van der Waals surface area contributed by atoms with E-state index in [0.717, 1.165) is 5.56 Å². The lowest BCUT2D eigenvalue weighted by atomic mass is 10.2. The molecular formula is C14H13NO3. The standard InChI is InChI=1S/C14H13NO3/c15-14(16)18-13-8-4-7-12(9-13)17-10-11-5-2-1-3-6-11/h1-9H,10H2,(H2,15,16). The number of rotatable bonds is 4. The van der Waals surface area contributed by atoms with Gasteiger partial charge in [0.25, 0.3) is 0 Å². The number of hydrogen-bond donors (Lipinski definition) is 1. The predicted octanol–water partition coefficient (Wildman–Crippen LogP) is 2.72. The maximum absolute atomic E-state index is 10.6. The van der Waals surface area contributed by atoms with Crippen molar-refractivity contribution in [2.75, 3.05) is 0 Å². The molecule has 0 atom stereocenters. The second-order valence-corrected chi connectivity index (χ2v) is 3.67. The molecule has 0 radical (unpaired) electrons. The number of primary amides is 1. The molecule has 0 aliphatic carbocycles. The van der Waals surface area contributed by atoms with E-state index in [1.165, 1.54) is 0 Å². The Morgan fingerprint density at radius 1 is 1.00 bits per heavy atom. The lowest BCUT2D eigenvalue weighted by molar-refractivity contribution is 0.210. The Balaban J connectivity index is 1.99. The van der Waals surface area contributed by atoms with E-state index in [1.54, 1.807) is 24.3 Å². The number of hydrogen-bond acceptors (Lipinski definition) is 3. The summed E-state index contributed by atoms with van der Waals surface area (Å²) in [5, 5.41) is 0. The van der Waals surface area contributed by atoms with E-state index in [9.17, 15) is 4.79 Å². The lowest BCUT2D eigenvalue weighted by Crippen LogP contribution is -2.16. The summed E-state index contributed by atoms with van der Waals surface area (Å²) in [6.07, 6.45) is -0.838. The molecule has 0 saturated carbocycles. The van der Waals surface area contributed by atoms with Gasteiger partial charge in [0, 0.05) is 6.07 Å². The van der Waals surface area contributed by atoms with E-state index in [1.807, 2.05) is 30.3 Å². The first kappa shape index (κ1) is 12.0. The van der Waals surface area contributed by atoms with Crippen molar-refractivity contribution in [2.45, 2.75) is 6.61 Å². The summed E-state index contributed by atoms with van der Waals surface area (Å²) in [7, 11) is 0. The van der Waals surface area contributed by atoms with Gasteiger partial charge in [-0.05, 0) is 17.7 Å². The quantitative estimate of drug-likeness (QED) is 0.898. The van der Waals surface area contributed by atoms with Gasteiger partial charge in [-0.15, -0.1) is 0 Å². The van der Waals surface area contributed by atoms with Gasteiger partial charge in [-0.1, -0.05) is 36.4 Å². The Labute approximate surface area is 105 Å². The van der Waals surface area contributed by atoms with Crippen LogP contribution < -0.4 is 15.2 Å². The summed E-state index contributed by atoms with van der Waals surface area (Å²) in [6, 6.07) is 16.6. The second-order valence-electron chi connectivity index (χ2n) is 3.67. The Kier molecular flexibility index (Phi) is 3.81. The van der Waals surface area contributed by atoms with Crippen LogP contribution in [0, 0.1) is 0 Å². The lowest BCUT2D eigenvalue weighted by Gasteiger charge is -2.07. The number of nitrogens with two attached hydrogens (primary N) is 1. The van der Waals surface area contributed by atoms with Gasteiger partial charge >= 0.3 is 6.09 Å². The third-order valence-corrected chi connectivity index (χ3v) is 2.27. The Morgan fingerprint density at radius 3 is 2.44 bits per heavy atom. The highest BCUT2D eigenvalue weighted by Gasteiger charge is 2.01. The molecule has 0 bridgehead atoms. The summed E-state index contributed by atoms with van der Waals surface area (Å²) in [5.74, 6) is 0.991. The molecule has 2 aromatic carbocycles. The van der Waals surface area contributed by atoms with Crippen LogP contribution in [0.3, 0.4) is 0 Å². The minimum Gasteiger partial charge on any atom is -0.489 e. The summed E-state index contributed by atoms with van der Waals surface area (Å²) in [4.78, 5) is 10.6. The second kappa shape index (κ2) is 5.72. The zero-order chi connectivity index (χ0) is 12.8. The van der Waals surface area contributed by atoms with Crippen LogP contribution >= 0.6 is 0 Å². The smallest absolute Gasteiger partial charge is 0.409 e. The molecule has 0 saturated heterocycles. The maximum atomic E-state index is 10.6. The molecule has 0 unspecified atom stereocenters. The van der Waals surface area contributed by atoms with Crippen LogP contribution in [0.2, 0.25) is 0 Å². The van der Waals surface area contributed by atoms with Gasteiger partial charge in [0.1, 0.15) is 18.1 Å².